The zero-order valence-electron chi connectivity index (χ0n) is 9.21. The normalized spacial score (nSPS) is 27.0. The van der Waals surface area contributed by atoms with E-state index >= 15 is 0 Å². The highest BCUT2D eigenvalue weighted by Crippen LogP contribution is 2.21. The Kier molecular flexibility index (Phi) is 4.71. The zero-order chi connectivity index (χ0) is 10.4. The van der Waals surface area contributed by atoms with Crippen molar-refractivity contribution in [2.45, 2.75) is 46.0 Å². The number of hydrogen-bond acceptors (Lipinski definition) is 2. The molecule has 0 saturated heterocycles. The van der Waals surface area contributed by atoms with Crippen molar-refractivity contribution in [1.82, 2.24) is 0 Å². The van der Waals surface area contributed by atoms with Crippen LogP contribution in [0.1, 0.15) is 46.0 Å². The van der Waals surface area contributed by atoms with Crippen LogP contribution in [0.2, 0.25) is 0 Å². The number of rotatable bonds is 2. The Morgan fingerprint density at radius 1 is 1.50 bits per heavy atom. The molecule has 0 aromatic rings. The molecule has 0 spiro atoms. The van der Waals surface area contributed by atoms with Crippen molar-refractivity contribution in [3.05, 3.63) is 11.6 Å². The highest BCUT2D eigenvalue weighted by molar-refractivity contribution is 5.88. The maximum absolute atomic E-state index is 11.5. The summed E-state index contributed by atoms with van der Waals surface area (Å²) in [6.45, 7) is 4.50. The number of esters is 1. The zero-order valence-corrected chi connectivity index (χ0v) is 9.21. The summed E-state index contributed by atoms with van der Waals surface area (Å²) < 4.78 is 5.02. The first-order chi connectivity index (χ1) is 6.74. The topological polar surface area (TPSA) is 26.3 Å². The van der Waals surface area contributed by atoms with Gasteiger partial charge in [0.1, 0.15) is 0 Å². The second-order valence-corrected chi connectivity index (χ2v) is 3.99. The first kappa shape index (κ1) is 11.3. The number of ether oxygens (including phenoxy) is 1. The summed E-state index contributed by atoms with van der Waals surface area (Å²) >= 11 is 0. The SMILES string of the molecule is CCOC(=O)/C1=C/C(C)CCCCC1. The molecular formula is C12H20O2. The van der Waals surface area contributed by atoms with Crippen LogP contribution in [-0.2, 0) is 9.53 Å². The van der Waals surface area contributed by atoms with Crippen LogP contribution in [0.3, 0.4) is 0 Å². The van der Waals surface area contributed by atoms with Gasteiger partial charge in [0, 0.05) is 5.57 Å². The lowest BCUT2D eigenvalue weighted by Crippen LogP contribution is -2.10. The lowest BCUT2D eigenvalue weighted by atomic mass is 9.94. The van der Waals surface area contributed by atoms with Gasteiger partial charge in [0.05, 0.1) is 6.61 Å². The van der Waals surface area contributed by atoms with Crippen molar-refractivity contribution in [1.29, 1.82) is 0 Å². The molecule has 1 aliphatic carbocycles. The van der Waals surface area contributed by atoms with Gasteiger partial charge in [-0.05, 0) is 32.1 Å². The second-order valence-electron chi connectivity index (χ2n) is 3.99. The quantitative estimate of drug-likeness (QED) is 0.634. The molecule has 0 aromatic carbocycles. The summed E-state index contributed by atoms with van der Waals surface area (Å²) in [5.74, 6) is 0.413. The molecule has 2 nitrogen and oxygen atoms in total. The minimum absolute atomic E-state index is 0.110. The van der Waals surface area contributed by atoms with E-state index in [1.807, 2.05) is 6.92 Å². The van der Waals surface area contributed by atoms with Crippen LogP contribution in [0.5, 0.6) is 0 Å². The molecule has 0 bridgehead atoms. The Balaban J connectivity index is 2.61. The van der Waals surface area contributed by atoms with E-state index in [0.717, 1.165) is 18.4 Å². The first-order valence-corrected chi connectivity index (χ1v) is 5.62. The Morgan fingerprint density at radius 3 is 3.00 bits per heavy atom. The van der Waals surface area contributed by atoms with Gasteiger partial charge < -0.3 is 4.74 Å². The predicted octanol–water partition coefficient (Wildman–Crippen LogP) is 3.08. The van der Waals surface area contributed by atoms with Gasteiger partial charge in [-0.2, -0.15) is 0 Å². The Hall–Kier alpha value is -0.790. The fraction of sp³-hybridized carbons (Fsp3) is 0.750. The van der Waals surface area contributed by atoms with Crippen molar-refractivity contribution in [3.63, 3.8) is 0 Å². The molecule has 0 N–H and O–H groups in total. The molecule has 0 radical (unpaired) electrons. The van der Waals surface area contributed by atoms with E-state index in [2.05, 4.69) is 13.0 Å². The lowest BCUT2D eigenvalue weighted by molar-refractivity contribution is -0.138. The van der Waals surface area contributed by atoms with Crippen molar-refractivity contribution in [2.24, 2.45) is 5.92 Å². The number of carbonyl (C=O) groups is 1. The van der Waals surface area contributed by atoms with Crippen molar-refractivity contribution >= 4 is 5.97 Å². The highest BCUT2D eigenvalue weighted by Gasteiger charge is 2.13. The van der Waals surface area contributed by atoms with E-state index in [9.17, 15) is 4.79 Å². The summed E-state index contributed by atoms with van der Waals surface area (Å²) in [6, 6.07) is 0. The second kappa shape index (κ2) is 5.84. The third kappa shape index (κ3) is 3.52. The summed E-state index contributed by atoms with van der Waals surface area (Å²) in [6.07, 6.45) is 7.83. The molecule has 1 atom stereocenters. The molecule has 0 aromatic heterocycles. The summed E-state index contributed by atoms with van der Waals surface area (Å²) in [5, 5.41) is 0. The van der Waals surface area contributed by atoms with E-state index in [4.69, 9.17) is 4.74 Å². The number of allylic oxidation sites excluding steroid dienone is 1. The fourth-order valence-electron chi connectivity index (χ4n) is 1.86. The summed E-state index contributed by atoms with van der Waals surface area (Å²) in [7, 11) is 0. The average molecular weight is 196 g/mol. The predicted molar refractivity (Wildman–Crippen MR) is 57.0 cm³/mol. The van der Waals surface area contributed by atoms with Crippen LogP contribution in [0.4, 0.5) is 0 Å². The monoisotopic (exact) mass is 196 g/mol. The molecule has 0 saturated carbocycles. The molecule has 2 heteroatoms. The molecule has 0 fully saturated rings. The molecule has 0 heterocycles. The van der Waals surface area contributed by atoms with E-state index in [1.165, 1.54) is 19.3 Å². The van der Waals surface area contributed by atoms with E-state index in [0.29, 0.717) is 12.5 Å². The Labute approximate surface area is 86.3 Å². The van der Waals surface area contributed by atoms with Crippen molar-refractivity contribution in [3.8, 4) is 0 Å². The summed E-state index contributed by atoms with van der Waals surface area (Å²) in [5.41, 5.74) is 0.888. The van der Waals surface area contributed by atoms with Gasteiger partial charge in [-0.15, -0.1) is 0 Å². The lowest BCUT2D eigenvalue weighted by Gasteiger charge is -2.14. The number of hydrogen-bond donors (Lipinski definition) is 0. The van der Waals surface area contributed by atoms with Gasteiger partial charge in [-0.25, -0.2) is 4.79 Å². The maximum Gasteiger partial charge on any atom is 0.333 e. The van der Waals surface area contributed by atoms with Crippen LogP contribution in [0.25, 0.3) is 0 Å². The van der Waals surface area contributed by atoms with Gasteiger partial charge in [0.2, 0.25) is 0 Å². The molecule has 1 unspecified atom stereocenters. The van der Waals surface area contributed by atoms with Crippen molar-refractivity contribution < 1.29 is 9.53 Å². The van der Waals surface area contributed by atoms with Crippen LogP contribution < -0.4 is 0 Å². The maximum atomic E-state index is 11.5. The molecular weight excluding hydrogens is 176 g/mol. The minimum Gasteiger partial charge on any atom is -0.463 e. The third-order valence-electron chi connectivity index (χ3n) is 2.63. The minimum atomic E-state index is -0.110. The Morgan fingerprint density at radius 2 is 2.29 bits per heavy atom. The van der Waals surface area contributed by atoms with Gasteiger partial charge in [-0.1, -0.05) is 25.8 Å². The van der Waals surface area contributed by atoms with Crippen LogP contribution in [0, 0.1) is 5.92 Å². The fourth-order valence-corrected chi connectivity index (χ4v) is 1.86. The third-order valence-corrected chi connectivity index (χ3v) is 2.63. The highest BCUT2D eigenvalue weighted by atomic mass is 16.5. The molecule has 80 valence electrons. The molecule has 0 aliphatic heterocycles. The van der Waals surface area contributed by atoms with Gasteiger partial charge >= 0.3 is 5.97 Å². The molecule has 14 heavy (non-hydrogen) atoms. The van der Waals surface area contributed by atoms with Gasteiger partial charge in [-0.3, -0.25) is 0 Å². The summed E-state index contributed by atoms with van der Waals surface area (Å²) in [4.78, 5) is 11.5. The molecule has 1 rings (SSSR count). The van der Waals surface area contributed by atoms with Crippen LogP contribution >= 0.6 is 0 Å². The first-order valence-electron chi connectivity index (χ1n) is 5.62. The van der Waals surface area contributed by atoms with Crippen molar-refractivity contribution in [2.75, 3.05) is 6.61 Å². The molecule has 1 aliphatic rings. The smallest absolute Gasteiger partial charge is 0.333 e. The standard InChI is InChI=1S/C12H20O2/c1-3-14-12(13)11-8-6-4-5-7-10(2)9-11/h9-10H,3-8H2,1-2H3/b11-9+. The number of carbonyl (C=O) groups excluding carboxylic acids is 1. The van der Waals surface area contributed by atoms with Gasteiger partial charge in [0.15, 0.2) is 0 Å². The van der Waals surface area contributed by atoms with E-state index < -0.39 is 0 Å². The van der Waals surface area contributed by atoms with Crippen LogP contribution in [-0.4, -0.2) is 12.6 Å². The molecule has 0 amide bonds. The van der Waals surface area contributed by atoms with Gasteiger partial charge in [0.25, 0.3) is 0 Å². The average Bonchev–Trinajstić information content (AvgIpc) is 2.11. The largest absolute Gasteiger partial charge is 0.463 e. The Bertz CT molecular complexity index is 218. The van der Waals surface area contributed by atoms with E-state index in [-0.39, 0.29) is 5.97 Å². The van der Waals surface area contributed by atoms with E-state index in [1.54, 1.807) is 0 Å². The van der Waals surface area contributed by atoms with Crippen LogP contribution in [0.15, 0.2) is 11.6 Å².